The standard InChI is InChI=1S/C18H22N2O2/c1-14(13-19-2)18(21)20(3)15-9-11-17(12-10-15)22-16-7-5-4-6-8-16/h4-12,14,19H,13H2,1-3H3. The van der Waals surface area contributed by atoms with Gasteiger partial charge < -0.3 is 15.0 Å². The van der Waals surface area contributed by atoms with Crippen molar-refractivity contribution < 1.29 is 9.53 Å². The van der Waals surface area contributed by atoms with Crippen LogP contribution >= 0.6 is 0 Å². The Hall–Kier alpha value is -2.33. The summed E-state index contributed by atoms with van der Waals surface area (Å²) in [7, 11) is 3.64. The van der Waals surface area contributed by atoms with Gasteiger partial charge >= 0.3 is 0 Å². The Morgan fingerprint density at radius 3 is 2.27 bits per heavy atom. The number of rotatable bonds is 6. The average molecular weight is 298 g/mol. The lowest BCUT2D eigenvalue weighted by Crippen LogP contribution is -2.35. The lowest BCUT2D eigenvalue weighted by atomic mass is 10.1. The summed E-state index contributed by atoms with van der Waals surface area (Å²) in [5, 5.41) is 3.02. The molecule has 0 radical (unpaired) electrons. The minimum absolute atomic E-state index is 0.0600. The van der Waals surface area contributed by atoms with Crippen LogP contribution in [0.4, 0.5) is 5.69 Å². The molecule has 22 heavy (non-hydrogen) atoms. The van der Waals surface area contributed by atoms with Gasteiger partial charge in [0.2, 0.25) is 5.91 Å². The molecule has 1 unspecified atom stereocenters. The first-order valence-electron chi connectivity index (χ1n) is 7.37. The fourth-order valence-electron chi connectivity index (χ4n) is 2.21. The fraction of sp³-hybridized carbons (Fsp3) is 0.278. The zero-order chi connectivity index (χ0) is 15.9. The SMILES string of the molecule is CNCC(C)C(=O)N(C)c1ccc(Oc2ccccc2)cc1. The molecular formula is C18H22N2O2. The monoisotopic (exact) mass is 298 g/mol. The van der Waals surface area contributed by atoms with E-state index in [2.05, 4.69) is 5.32 Å². The maximum atomic E-state index is 12.3. The molecule has 0 bridgehead atoms. The van der Waals surface area contributed by atoms with Crippen molar-refractivity contribution in [2.75, 3.05) is 25.5 Å². The molecule has 0 fully saturated rings. The first kappa shape index (κ1) is 16.0. The molecule has 0 aromatic heterocycles. The maximum absolute atomic E-state index is 12.3. The van der Waals surface area contributed by atoms with Gasteiger partial charge in [0, 0.05) is 25.2 Å². The number of benzene rings is 2. The summed E-state index contributed by atoms with van der Waals surface area (Å²) in [5.41, 5.74) is 0.855. The van der Waals surface area contributed by atoms with Crippen molar-refractivity contribution in [1.82, 2.24) is 5.32 Å². The highest BCUT2D eigenvalue weighted by atomic mass is 16.5. The van der Waals surface area contributed by atoms with E-state index in [1.807, 2.05) is 68.6 Å². The summed E-state index contributed by atoms with van der Waals surface area (Å²) in [5.74, 6) is 1.57. The fourth-order valence-corrected chi connectivity index (χ4v) is 2.21. The van der Waals surface area contributed by atoms with Gasteiger partial charge in [-0.2, -0.15) is 0 Å². The van der Waals surface area contributed by atoms with Gasteiger partial charge in [-0.15, -0.1) is 0 Å². The summed E-state index contributed by atoms with van der Waals surface area (Å²) in [6, 6.07) is 17.1. The number of amides is 1. The van der Waals surface area contributed by atoms with Gasteiger partial charge in [0.25, 0.3) is 0 Å². The van der Waals surface area contributed by atoms with Crippen molar-refractivity contribution in [2.24, 2.45) is 5.92 Å². The van der Waals surface area contributed by atoms with Crippen molar-refractivity contribution in [3.8, 4) is 11.5 Å². The van der Waals surface area contributed by atoms with Crippen LogP contribution in [0.2, 0.25) is 0 Å². The lowest BCUT2D eigenvalue weighted by molar-refractivity contribution is -0.121. The normalized spacial score (nSPS) is 11.8. The smallest absolute Gasteiger partial charge is 0.230 e. The predicted octanol–water partition coefficient (Wildman–Crippen LogP) is 3.30. The number of hydrogen-bond acceptors (Lipinski definition) is 3. The second-order valence-electron chi connectivity index (χ2n) is 5.26. The van der Waals surface area contributed by atoms with Gasteiger partial charge in [-0.05, 0) is 43.4 Å². The molecule has 2 aromatic carbocycles. The second-order valence-corrected chi connectivity index (χ2v) is 5.26. The number of hydrogen-bond donors (Lipinski definition) is 1. The van der Waals surface area contributed by atoms with Gasteiger partial charge in [0.1, 0.15) is 11.5 Å². The van der Waals surface area contributed by atoms with E-state index in [1.165, 1.54) is 0 Å². The molecule has 1 atom stereocenters. The van der Waals surface area contributed by atoms with Crippen LogP contribution in [-0.4, -0.2) is 26.5 Å². The van der Waals surface area contributed by atoms with Crippen LogP contribution < -0.4 is 15.0 Å². The molecule has 0 heterocycles. The van der Waals surface area contributed by atoms with Crippen LogP contribution in [0.3, 0.4) is 0 Å². The van der Waals surface area contributed by atoms with E-state index < -0.39 is 0 Å². The van der Waals surface area contributed by atoms with Crippen LogP contribution in [-0.2, 0) is 4.79 Å². The quantitative estimate of drug-likeness (QED) is 0.889. The van der Waals surface area contributed by atoms with Crippen molar-refractivity contribution in [3.05, 3.63) is 54.6 Å². The van der Waals surface area contributed by atoms with Crippen LogP contribution in [0.25, 0.3) is 0 Å². The minimum Gasteiger partial charge on any atom is -0.457 e. The zero-order valence-electron chi connectivity index (χ0n) is 13.2. The molecule has 2 rings (SSSR count). The van der Waals surface area contributed by atoms with Crippen molar-refractivity contribution in [1.29, 1.82) is 0 Å². The highest BCUT2D eigenvalue weighted by molar-refractivity contribution is 5.94. The Bertz CT molecular complexity index is 596. The highest BCUT2D eigenvalue weighted by Crippen LogP contribution is 2.24. The van der Waals surface area contributed by atoms with E-state index in [4.69, 9.17) is 4.74 Å². The number of anilines is 1. The Morgan fingerprint density at radius 2 is 1.68 bits per heavy atom. The first-order valence-corrected chi connectivity index (χ1v) is 7.37. The van der Waals surface area contributed by atoms with Gasteiger partial charge in [-0.3, -0.25) is 4.79 Å². The molecule has 0 aliphatic heterocycles. The Balaban J connectivity index is 2.03. The molecule has 0 aliphatic carbocycles. The first-order chi connectivity index (χ1) is 10.6. The maximum Gasteiger partial charge on any atom is 0.230 e. The van der Waals surface area contributed by atoms with Gasteiger partial charge in [0.05, 0.1) is 0 Å². The molecule has 2 aromatic rings. The number of carbonyl (C=O) groups excluding carboxylic acids is 1. The van der Waals surface area contributed by atoms with Crippen molar-refractivity contribution >= 4 is 11.6 Å². The number of nitrogens with one attached hydrogen (secondary N) is 1. The third-order valence-corrected chi connectivity index (χ3v) is 3.47. The lowest BCUT2D eigenvalue weighted by Gasteiger charge is -2.21. The summed E-state index contributed by atoms with van der Waals surface area (Å²) >= 11 is 0. The number of nitrogens with zero attached hydrogens (tertiary/aromatic N) is 1. The number of ether oxygens (including phenoxy) is 1. The molecule has 1 N–H and O–H groups in total. The molecule has 116 valence electrons. The van der Waals surface area contributed by atoms with Crippen molar-refractivity contribution in [3.63, 3.8) is 0 Å². The van der Waals surface area contributed by atoms with Gasteiger partial charge in [-0.1, -0.05) is 25.1 Å². The largest absolute Gasteiger partial charge is 0.457 e. The third kappa shape index (κ3) is 4.09. The minimum atomic E-state index is -0.0600. The Kier molecular flexibility index (Phi) is 5.55. The van der Waals surface area contributed by atoms with Crippen LogP contribution in [0.1, 0.15) is 6.92 Å². The van der Waals surface area contributed by atoms with Crippen LogP contribution in [0.15, 0.2) is 54.6 Å². The van der Waals surface area contributed by atoms with E-state index in [0.29, 0.717) is 6.54 Å². The van der Waals surface area contributed by atoms with Gasteiger partial charge in [0.15, 0.2) is 0 Å². The Morgan fingerprint density at radius 1 is 1.09 bits per heavy atom. The molecule has 0 saturated heterocycles. The summed E-state index contributed by atoms with van der Waals surface area (Å²) in [6.45, 7) is 2.58. The van der Waals surface area contributed by atoms with E-state index in [9.17, 15) is 4.79 Å². The Labute approximate surface area is 131 Å². The zero-order valence-corrected chi connectivity index (χ0v) is 13.2. The highest BCUT2D eigenvalue weighted by Gasteiger charge is 2.17. The van der Waals surface area contributed by atoms with Crippen LogP contribution in [0, 0.1) is 5.92 Å². The molecule has 1 amide bonds. The number of carbonyl (C=O) groups is 1. The van der Waals surface area contributed by atoms with E-state index in [0.717, 1.165) is 17.2 Å². The second kappa shape index (κ2) is 7.61. The summed E-state index contributed by atoms with van der Waals surface area (Å²) < 4.78 is 5.75. The van der Waals surface area contributed by atoms with Crippen LogP contribution in [0.5, 0.6) is 11.5 Å². The molecule has 0 aliphatic rings. The molecular weight excluding hydrogens is 276 g/mol. The molecule has 4 heteroatoms. The van der Waals surface area contributed by atoms with Gasteiger partial charge in [-0.25, -0.2) is 0 Å². The predicted molar refractivity (Wildman–Crippen MR) is 89.5 cm³/mol. The third-order valence-electron chi connectivity index (χ3n) is 3.47. The number of para-hydroxylation sites is 1. The van der Waals surface area contributed by atoms with E-state index in [-0.39, 0.29) is 11.8 Å². The summed E-state index contributed by atoms with van der Waals surface area (Å²) in [4.78, 5) is 13.9. The molecule has 0 spiro atoms. The summed E-state index contributed by atoms with van der Waals surface area (Å²) in [6.07, 6.45) is 0. The molecule has 4 nitrogen and oxygen atoms in total. The topological polar surface area (TPSA) is 41.6 Å². The van der Waals surface area contributed by atoms with Crippen molar-refractivity contribution in [2.45, 2.75) is 6.92 Å². The van der Waals surface area contributed by atoms with E-state index in [1.54, 1.807) is 11.9 Å². The average Bonchev–Trinajstić information content (AvgIpc) is 2.55. The molecule has 0 saturated carbocycles. The van der Waals surface area contributed by atoms with E-state index >= 15 is 0 Å².